The maximum atomic E-state index is 14.1. The molecule has 6 aliphatic rings. The highest BCUT2D eigenvalue weighted by Crippen LogP contribution is 2.76. The molecule has 6 rings (SSSR count). The van der Waals surface area contributed by atoms with E-state index in [2.05, 4.69) is 40.7 Å². The monoisotopic (exact) mass is 829 g/mol. The zero-order valence-electron chi connectivity index (χ0n) is 37.5. The number of carbonyl (C=O) groups excluding carboxylic acids is 3. The van der Waals surface area contributed by atoms with Crippen molar-refractivity contribution >= 4 is 17.9 Å². The molecule has 0 aromatic heterocycles. The summed E-state index contributed by atoms with van der Waals surface area (Å²) in [5, 5.41) is 43.1. The summed E-state index contributed by atoms with van der Waals surface area (Å²) in [7, 11) is 0. The average molecular weight is 829 g/mol. The van der Waals surface area contributed by atoms with E-state index >= 15 is 0 Å². The second kappa shape index (κ2) is 15.9. The van der Waals surface area contributed by atoms with Crippen LogP contribution in [-0.2, 0) is 38.1 Å². The molecule has 1 heterocycles. The lowest BCUT2D eigenvalue weighted by Gasteiger charge is -2.72. The summed E-state index contributed by atoms with van der Waals surface area (Å²) >= 11 is 0. The van der Waals surface area contributed by atoms with Crippen LogP contribution < -0.4 is 0 Å². The summed E-state index contributed by atoms with van der Waals surface area (Å²) in [6.07, 6.45) is 1.77. The molecule has 15 atom stereocenters. The van der Waals surface area contributed by atoms with Crippen molar-refractivity contribution in [2.45, 2.75) is 177 Å². The van der Waals surface area contributed by atoms with E-state index in [0.717, 1.165) is 37.7 Å². The number of hydrogen-bond acceptors (Lipinski definition) is 12. The molecule has 0 bridgehead atoms. The summed E-state index contributed by atoms with van der Waals surface area (Å²) in [5.41, 5.74) is -1.41. The molecule has 59 heavy (non-hydrogen) atoms. The van der Waals surface area contributed by atoms with Gasteiger partial charge in [0.25, 0.3) is 0 Å². The third-order valence-electron chi connectivity index (χ3n) is 17.3. The van der Waals surface area contributed by atoms with Crippen molar-refractivity contribution < 1.29 is 58.5 Å². The molecule has 12 heteroatoms. The maximum Gasteiger partial charge on any atom is 0.333 e. The van der Waals surface area contributed by atoms with Crippen LogP contribution in [-0.4, -0.2) is 101 Å². The summed E-state index contributed by atoms with van der Waals surface area (Å²) in [6, 6.07) is 0. The lowest BCUT2D eigenvalue weighted by atomic mass is 9.33. The van der Waals surface area contributed by atoms with Gasteiger partial charge < -0.3 is 44.1 Å². The first-order chi connectivity index (χ1) is 27.4. The summed E-state index contributed by atoms with van der Waals surface area (Å²) in [4.78, 5) is 41.4. The fourth-order valence-corrected chi connectivity index (χ4v) is 13.4. The van der Waals surface area contributed by atoms with Crippen LogP contribution in [0, 0.1) is 50.2 Å². The topological polar surface area (TPSA) is 178 Å². The molecule has 332 valence electrons. The molecule has 0 aromatic carbocycles. The van der Waals surface area contributed by atoms with E-state index in [9.17, 15) is 34.8 Å². The van der Waals surface area contributed by atoms with Gasteiger partial charge in [0, 0.05) is 23.5 Å². The van der Waals surface area contributed by atoms with E-state index in [1.54, 1.807) is 39.8 Å². The van der Waals surface area contributed by atoms with Crippen molar-refractivity contribution in [1.82, 2.24) is 0 Å². The van der Waals surface area contributed by atoms with Gasteiger partial charge in [0.05, 0.1) is 24.7 Å². The number of hydrogen-bond donors (Lipinski definition) is 4. The van der Waals surface area contributed by atoms with E-state index < -0.39 is 89.6 Å². The molecule has 15 unspecified atom stereocenters. The highest BCUT2D eigenvalue weighted by molar-refractivity contribution is 5.89. The van der Waals surface area contributed by atoms with Crippen LogP contribution >= 0.6 is 0 Å². The fraction of sp³-hybridized carbons (Fsp3) is 0.809. The molecule has 5 aliphatic carbocycles. The van der Waals surface area contributed by atoms with Crippen molar-refractivity contribution in [2.75, 3.05) is 13.2 Å². The molecule has 0 radical (unpaired) electrons. The van der Waals surface area contributed by atoms with Crippen LogP contribution in [0.4, 0.5) is 0 Å². The van der Waals surface area contributed by atoms with Gasteiger partial charge in [-0.1, -0.05) is 72.3 Å². The summed E-state index contributed by atoms with van der Waals surface area (Å²) in [5.74, 6) is -1.61. The van der Waals surface area contributed by atoms with Crippen LogP contribution in [0.15, 0.2) is 34.9 Å². The van der Waals surface area contributed by atoms with Gasteiger partial charge in [-0.05, 0) is 112 Å². The maximum absolute atomic E-state index is 14.1. The summed E-state index contributed by atoms with van der Waals surface area (Å²) < 4.78 is 32.0. The minimum absolute atomic E-state index is 0.0623. The van der Waals surface area contributed by atoms with Gasteiger partial charge in [-0.25, -0.2) is 9.59 Å². The highest BCUT2D eigenvalue weighted by Gasteiger charge is 2.75. The van der Waals surface area contributed by atoms with Gasteiger partial charge in [0.15, 0.2) is 12.4 Å². The first-order valence-electron chi connectivity index (χ1n) is 21.9. The predicted molar refractivity (Wildman–Crippen MR) is 219 cm³/mol. The van der Waals surface area contributed by atoms with E-state index in [0.29, 0.717) is 29.9 Å². The lowest BCUT2D eigenvalue weighted by Crippen LogP contribution is -2.73. The molecule has 0 spiro atoms. The molecule has 0 aromatic rings. The molecule has 0 amide bonds. The molecule has 4 N–H and O–H groups in total. The third kappa shape index (κ3) is 7.07. The number of rotatable bonds is 9. The van der Waals surface area contributed by atoms with E-state index in [4.69, 9.17) is 23.7 Å². The number of aliphatic hydroxyl groups excluding tert-OH is 4. The van der Waals surface area contributed by atoms with Crippen LogP contribution in [0.3, 0.4) is 0 Å². The van der Waals surface area contributed by atoms with Crippen molar-refractivity contribution in [3.63, 3.8) is 0 Å². The number of esters is 3. The van der Waals surface area contributed by atoms with Gasteiger partial charge in [0.1, 0.15) is 30.5 Å². The first kappa shape index (κ1) is 45.9. The molecule has 4 saturated carbocycles. The molecular formula is C47H72O12. The van der Waals surface area contributed by atoms with Crippen molar-refractivity contribution in [3.8, 4) is 0 Å². The van der Waals surface area contributed by atoms with Crippen molar-refractivity contribution in [2.24, 2.45) is 50.2 Å². The van der Waals surface area contributed by atoms with Crippen LogP contribution in [0.5, 0.6) is 0 Å². The second-order valence-electron chi connectivity index (χ2n) is 20.9. The van der Waals surface area contributed by atoms with Crippen molar-refractivity contribution in [1.29, 1.82) is 0 Å². The number of allylic oxidation sites excluding steroid dienone is 4. The quantitative estimate of drug-likeness (QED) is 0.0908. The molecule has 1 aliphatic heterocycles. The van der Waals surface area contributed by atoms with Crippen LogP contribution in [0.1, 0.15) is 128 Å². The van der Waals surface area contributed by atoms with Gasteiger partial charge in [-0.3, -0.25) is 4.79 Å². The third-order valence-corrected chi connectivity index (χ3v) is 17.3. The zero-order valence-corrected chi connectivity index (χ0v) is 37.5. The second-order valence-corrected chi connectivity index (χ2v) is 20.9. The Hall–Kier alpha value is -2.61. The first-order valence-corrected chi connectivity index (χ1v) is 21.9. The normalized spacial score (nSPS) is 45.2. The minimum Gasteiger partial charge on any atom is -0.462 e. The SMILES string of the molecule is CC=C(C)C(=O)OC1C(OC(=O)C(C)=CC)C2(COC3OC(CO)C(O)C3O)C(OC(C)=O)CC3(C)C(=CCC4C5(C)CCC(O)C(C)(C)C5CCC43C)C2CC1(C)C. The Morgan fingerprint density at radius 1 is 0.814 bits per heavy atom. The number of aliphatic hydroxyl groups is 4. The van der Waals surface area contributed by atoms with Crippen molar-refractivity contribution in [3.05, 3.63) is 34.9 Å². The minimum atomic E-state index is -1.51. The smallest absolute Gasteiger partial charge is 0.333 e. The molecule has 5 fully saturated rings. The van der Waals surface area contributed by atoms with E-state index in [1.165, 1.54) is 6.92 Å². The van der Waals surface area contributed by atoms with Gasteiger partial charge >= 0.3 is 17.9 Å². The Labute approximate surface area is 351 Å². The molecule has 12 nitrogen and oxygen atoms in total. The highest BCUT2D eigenvalue weighted by atomic mass is 16.7. The average Bonchev–Trinajstić information content (AvgIpc) is 3.44. The lowest BCUT2D eigenvalue weighted by molar-refractivity contribution is -0.286. The Balaban J connectivity index is 1.58. The Kier molecular flexibility index (Phi) is 12.4. The van der Waals surface area contributed by atoms with Gasteiger partial charge in [-0.15, -0.1) is 0 Å². The number of carbonyl (C=O) groups is 3. The standard InChI is InChI=1S/C47H72O12/c1-13-25(3)39(53)58-37-38(59-40(54)26(4)14-2)47(24-55-41-36(52)35(51)30(23-48)57-41)29(21-42(37,6)7)28-15-16-32-44(10)19-18-33(50)43(8,9)31(44)17-20-45(32,11)46(28,12)22-34(47)56-27(5)49/h13-15,29-38,41,48,50-52H,16-24H2,1-12H3. The van der Waals surface area contributed by atoms with E-state index in [-0.39, 0.29) is 34.9 Å². The van der Waals surface area contributed by atoms with Gasteiger partial charge in [0.2, 0.25) is 0 Å². The van der Waals surface area contributed by atoms with E-state index in [1.807, 2.05) is 13.8 Å². The van der Waals surface area contributed by atoms with Crippen LogP contribution in [0.2, 0.25) is 0 Å². The Morgan fingerprint density at radius 2 is 1.42 bits per heavy atom. The zero-order chi connectivity index (χ0) is 43.8. The number of ether oxygens (including phenoxy) is 5. The van der Waals surface area contributed by atoms with Crippen LogP contribution in [0.25, 0.3) is 0 Å². The largest absolute Gasteiger partial charge is 0.462 e. The molecule has 1 saturated heterocycles. The summed E-state index contributed by atoms with van der Waals surface area (Å²) in [6.45, 7) is 22.9. The fourth-order valence-electron chi connectivity index (χ4n) is 13.4. The Morgan fingerprint density at radius 3 is 1.98 bits per heavy atom. The Bertz CT molecular complexity index is 1750. The van der Waals surface area contributed by atoms with Gasteiger partial charge in [-0.2, -0.15) is 0 Å². The molecular weight excluding hydrogens is 757 g/mol. The number of fused-ring (bicyclic) bond motifs is 7. The predicted octanol–water partition coefficient (Wildman–Crippen LogP) is 6.12.